The Balaban J connectivity index is 2.26. The van der Waals surface area contributed by atoms with Gasteiger partial charge in [-0.1, -0.05) is 67.4 Å². The summed E-state index contributed by atoms with van der Waals surface area (Å²) in [5, 5.41) is 13.4. The van der Waals surface area contributed by atoms with Crippen molar-refractivity contribution < 1.29 is 18.0 Å². The lowest BCUT2D eigenvalue weighted by Gasteiger charge is -2.27. The Morgan fingerprint density at radius 2 is 1.62 bits per heavy atom. The number of carbonyl (C=O) groups is 1. The number of nitrogens with zero attached hydrogens (tertiary/aromatic N) is 1. The number of halogens is 3. The molecule has 0 saturated heterocycles. The molecule has 0 bridgehead atoms. The van der Waals surface area contributed by atoms with Gasteiger partial charge >= 0.3 is 6.18 Å². The molecule has 2 aromatic rings. The maximum atomic E-state index is 13.7. The number of nitriles is 1. The van der Waals surface area contributed by atoms with Gasteiger partial charge in [-0.2, -0.15) is 18.4 Å². The molecule has 0 aliphatic rings. The van der Waals surface area contributed by atoms with Crippen LogP contribution in [-0.4, -0.2) is 24.7 Å². The topological polar surface area (TPSA) is 64.9 Å². The first kappa shape index (κ1) is 22.4. The molecular weight excluding hydrogens is 379 g/mol. The summed E-state index contributed by atoms with van der Waals surface area (Å²) >= 11 is 0. The summed E-state index contributed by atoms with van der Waals surface area (Å²) in [6, 6.07) is 12.6. The Bertz CT molecular complexity index is 840. The molecule has 0 heterocycles. The van der Waals surface area contributed by atoms with Crippen LogP contribution in [0.15, 0.2) is 48.5 Å². The molecule has 2 N–H and O–H groups in total. The largest absolute Gasteiger partial charge is 0.407 e. The fourth-order valence-electron chi connectivity index (χ4n) is 3.02. The van der Waals surface area contributed by atoms with E-state index in [4.69, 9.17) is 5.26 Å². The van der Waals surface area contributed by atoms with Crippen LogP contribution in [0.5, 0.6) is 0 Å². The molecule has 4 nitrogen and oxygen atoms in total. The van der Waals surface area contributed by atoms with Crippen LogP contribution in [0.4, 0.5) is 13.2 Å². The second-order valence-corrected chi connectivity index (χ2v) is 6.85. The zero-order valence-electron chi connectivity index (χ0n) is 16.4. The van der Waals surface area contributed by atoms with E-state index in [9.17, 15) is 18.0 Å². The summed E-state index contributed by atoms with van der Waals surface area (Å²) in [6.45, 7) is 3.50. The molecular formula is C22H24F3N3O. The Hall–Kier alpha value is -2.85. The molecule has 0 fully saturated rings. The summed E-state index contributed by atoms with van der Waals surface area (Å²) in [7, 11) is 0. The van der Waals surface area contributed by atoms with E-state index < -0.39 is 24.2 Å². The minimum atomic E-state index is -4.58. The van der Waals surface area contributed by atoms with E-state index in [-0.39, 0.29) is 18.5 Å². The number of rotatable bonds is 8. The third-order valence-electron chi connectivity index (χ3n) is 4.56. The van der Waals surface area contributed by atoms with Gasteiger partial charge in [-0.05, 0) is 30.0 Å². The van der Waals surface area contributed by atoms with Crippen molar-refractivity contribution >= 4 is 5.91 Å². The van der Waals surface area contributed by atoms with Crippen LogP contribution in [0.2, 0.25) is 0 Å². The SMILES string of the molecule is CCC[C@H](N[C@H](c1ccc(-c2ccc(C)cc2)cc1)C(F)(F)F)C(=O)NCC#N. The fraction of sp³-hybridized carbons (Fsp3) is 0.364. The third kappa shape index (κ3) is 6.33. The molecule has 0 aliphatic heterocycles. The van der Waals surface area contributed by atoms with Crippen molar-refractivity contribution in [1.82, 2.24) is 10.6 Å². The average Bonchev–Trinajstić information content (AvgIpc) is 2.69. The van der Waals surface area contributed by atoms with Gasteiger partial charge in [0, 0.05) is 0 Å². The van der Waals surface area contributed by atoms with Gasteiger partial charge in [0.05, 0.1) is 12.1 Å². The van der Waals surface area contributed by atoms with Gasteiger partial charge in [-0.25, -0.2) is 0 Å². The minimum absolute atomic E-state index is 0.0301. The van der Waals surface area contributed by atoms with E-state index in [1.54, 1.807) is 25.1 Å². The van der Waals surface area contributed by atoms with Crippen molar-refractivity contribution in [2.45, 2.75) is 44.9 Å². The van der Waals surface area contributed by atoms with Crippen LogP contribution < -0.4 is 10.6 Å². The minimum Gasteiger partial charge on any atom is -0.342 e. The normalized spacial score (nSPS) is 13.4. The molecule has 1 amide bonds. The van der Waals surface area contributed by atoms with Gasteiger partial charge in [0.15, 0.2) is 0 Å². The zero-order valence-corrected chi connectivity index (χ0v) is 16.4. The van der Waals surface area contributed by atoms with Gasteiger partial charge in [-0.15, -0.1) is 0 Å². The fourth-order valence-corrected chi connectivity index (χ4v) is 3.02. The van der Waals surface area contributed by atoms with E-state index >= 15 is 0 Å². The van der Waals surface area contributed by atoms with E-state index in [2.05, 4.69) is 10.6 Å². The van der Waals surface area contributed by atoms with Gasteiger partial charge in [0.2, 0.25) is 5.91 Å². The maximum absolute atomic E-state index is 13.7. The molecule has 2 rings (SSSR count). The lowest BCUT2D eigenvalue weighted by Crippen LogP contribution is -2.49. The molecule has 154 valence electrons. The molecule has 2 aromatic carbocycles. The Morgan fingerprint density at radius 3 is 2.10 bits per heavy atom. The second-order valence-electron chi connectivity index (χ2n) is 6.85. The van der Waals surface area contributed by atoms with Crippen molar-refractivity contribution in [3.63, 3.8) is 0 Å². The molecule has 0 aliphatic carbocycles. The van der Waals surface area contributed by atoms with Crippen LogP contribution in [0.3, 0.4) is 0 Å². The first-order valence-electron chi connectivity index (χ1n) is 9.40. The van der Waals surface area contributed by atoms with Crippen molar-refractivity contribution in [3.8, 4) is 17.2 Å². The van der Waals surface area contributed by atoms with Crippen LogP contribution in [-0.2, 0) is 4.79 Å². The van der Waals surface area contributed by atoms with Crippen molar-refractivity contribution in [1.29, 1.82) is 5.26 Å². The maximum Gasteiger partial charge on any atom is 0.407 e. The zero-order chi connectivity index (χ0) is 21.4. The molecule has 7 heteroatoms. The average molecular weight is 403 g/mol. The third-order valence-corrected chi connectivity index (χ3v) is 4.56. The number of alkyl halides is 3. The lowest BCUT2D eigenvalue weighted by molar-refractivity contribution is -0.161. The summed E-state index contributed by atoms with van der Waals surface area (Å²) in [5.74, 6) is -0.612. The highest BCUT2D eigenvalue weighted by molar-refractivity contribution is 5.82. The number of benzene rings is 2. The van der Waals surface area contributed by atoms with Gasteiger partial charge in [0.1, 0.15) is 12.6 Å². The van der Waals surface area contributed by atoms with Gasteiger partial charge in [-0.3, -0.25) is 10.1 Å². The number of carbonyl (C=O) groups excluding carboxylic acids is 1. The van der Waals surface area contributed by atoms with Crippen molar-refractivity contribution in [2.75, 3.05) is 6.54 Å². The summed E-state index contributed by atoms with van der Waals surface area (Å²) in [4.78, 5) is 12.2. The van der Waals surface area contributed by atoms with E-state index in [0.29, 0.717) is 6.42 Å². The van der Waals surface area contributed by atoms with Crippen LogP contribution >= 0.6 is 0 Å². The Kier molecular flexibility index (Phi) is 7.80. The van der Waals surface area contributed by atoms with Crippen LogP contribution in [0.25, 0.3) is 11.1 Å². The van der Waals surface area contributed by atoms with E-state index in [1.807, 2.05) is 31.2 Å². The summed E-state index contributed by atoms with van der Waals surface area (Å²) in [6.07, 6.45) is -3.83. The van der Waals surface area contributed by atoms with Crippen LogP contribution in [0, 0.1) is 18.3 Å². The quantitative estimate of drug-likeness (QED) is 0.630. The standard InChI is InChI=1S/C22H24F3N3O/c1-3-4-19(21(29)27-14-13-26)28-20(22(23,24)25)18-11-9-17(10-12-18)16-7-5-15(2)6-8-16/h5-12,19-20,28H,3-4,14H2,1-2H3,(H,27,29)/t19-,20+/m0/s1. The lowest BCUT2D eigenvalue weighted by atomic mass is 9.98. The Morgan fingerprint density at radius 1 is 1.07 bits per heavy atom. The van der Waals surface area contributed by atoms with E-state index in [0.717, 1.165) is 16.7 Å². The van der Waals surface area contributed by atoms with Crippen molar-refractivity contribution in [2.24, 2.45) is 0 Å². The number of hydrogen-bond donors (Lipinski definition) is 2. The molecule has 29 heavy (non-hydrogen) atoms. The number of amides is 1. The molecule has 0 radical (unpaired) electrons. The van der Waals surface area contributed by atoms with Gasteiger partial charge < -0.3 is 5.32 Å². The monoisotopic (exact) mass is 403 g/mol. The van der Waals surface area contributed by atoms with Crippen molar-refractivity contribution in [3.05, 3.63) is 59.7 Å². The highest BCUT2D eigenvalue weighted by Crippen LogP contribution is 2.34. The molecule has 0 unspecified atom stereocenters. The number of nitrogens with one attached hydrogen (secondary N) is 2. The highest BCUT2D eigenvalue weighted by atomic mass is 19.4. The smallest absolute Gasteiger partial charge is 0.342 e. The number of aryl methyl sites for hydroxylation is 1. The first-order valence-corrected chi connectivity index (χ1v) is 9.40. The van der Waals surface area contributed by atoms with Gasteiger partial charge in [0.25, 0.3) is 0 Å². The van der Waals surface area contributed by atoms with Crippen LogP contribution in [0.1, 0.15) is 36.9 Å². The second kappa shape index (κ2) is 10.1. The molecule has 2 atom stereocenters. The molecule has 0 aromatic heterocycles. The predicted molar refractivity (Wildman–Crippen MR) is 106 cm³/mol. The number of hydrogen-bond acceptors (Lipinski definition) is 3. The Labute approximate surface area is 168 Å². The highest BCUT2D eigenvalue weighted by Gasteiger charge is 2.42. The summed E-state index contributed by atoms with van der Waals surface area (Å²) < 4.78 is 41.2. The predicted octanol–water partition coefficient (Wildman–Crippen LogP) is 4.66. The molecule has 0 saturated carbocycles. The first-order chi connectivity index (χ1) is 13.8. The summed E-state index contributed by atoms with van der Waals surface area (Å²) in [5.41, 5.74) is 2.86. The van der Waals surface area contributed by atoms with E-state index in [1.165, 1.54) is 12.1 Å². The molecule has 0 spiro atoms.